The first kappa shape index (κ1) is 39.3. The molecule has 2 atom stereocenters. The van der Waals surface area contributed by atoms with Gasteiger partial charge in [0.1, 0.15) is 12.6 Å². The normalized spacial score (nSPS) is 15.1. The Labute approximate surface area is 295 Å². The summed E-state index contributed by atoms with van der Waals surface area (Å²) in [4.78, 5) is 68.4. The predicted molar refractivity (Wildman–Crippen MR) is 184 cm³/mol. The third-order valence-electron chi connectivity index (χ3n) is 7.82. The number of cyclic esters (lactones) is 1. The number of esters is 1. The van der Waals surface area contributed by atoms with Crippen molar-refractivity contribution in [3.63, 3.8) is 0 Å². The molecular formula is C35H43N4O11P. The second kappa shape index (κ2) is 19.8. The number of carbonyl (C=O) groups is 4. The van der Waals surface area contributed by atoms with Gasteiger partial charge in [0.2, 0.25) is 17.7 Å². The van der Waals surface area contributed by atoms with E-state index in [4.69, 9.17) is 24.0 Å². The van der Waals surface area contributed by atoms with Crippen molar-refractivity contribution in [2.75, 3.05) is 52.7 Å². The number of benzene rings is 3. The van der Waals surface area contributed by atoms with Gasteiger partial charge in [-0.3, -0.25) is 24.2 Å². The fourth-order valence-electron chi connectivity index (χ4n) is 5.51. The van der Waals surface area contributed by atoms with Crippen LogP contribution in [0.1, 0.15) is 29.5 Å². The van der Waals surface area contributed by atoms with Gasteiger partial charge in [-0.15, -0.1) is 0 Å². The molecule has 15 nitrogen and oxygen atoms in total. The molecule has 0 spiro atoms. The summed E-state index contributed by atoms with van der Waals surface area (Å²) in [5.41, 5.74) is 1.45. The molecule has 16 heteroatoms. The van der Waals surface area contributed by atoms with Crippen LogP contribution in [0.5, 0.6) is 0 Å². The highest BCUT2D eigenvalue weighted by Gasteiger charge is 2.41. The minimum absolute atomic E-state index is 0.0715. The van der Waals surface area contributed by atoms with Crippen LogP contribution in [0.15, 0.2) is 91.0 Å². The van der Waals surface area contributed by atoms with Gasteiger partial charge in [-0.2, -0.15) is 0 Å². The summed E-state index contributed by atoms with van der Waals surface area (Å²) in [6.45, 7) is -0.147. The standard InChI is InChI=1S/C35H43N4O11P/c40-31(38-29-16-19-49-34(29)43)24-30(33(42)37-17-20-47-22-23-48-25-32(41)36-18-21-50-51(44,45)46)39-35(26-10-4-1-5-11-26,27-12-6-2-7-13-27)28-14-8-3-9-15-28/h1-15,29-30,39H,16-25H2,(H,36,41)(H,37,42)(H,38,40)(H2,44,45,46)/t29-,30-/m0/s1. The maximum atomic E-state index is 13.9. The Morgan fingerprint density at radius 3 is 1.86 bits per heavy atom. The van der Waals surface area contributed by atoms with Gasteiger partial charge < -0.3 is 39.9 Å². The summed E-state index contributed by atoms with van der Waals surface area (Å²) < 4.78 is 30.7. The Kier molecular flexibility index (Phi) is 15.3. The van der Waals surface area contributed by atoms with Crippen LogP contribution >= 0.6 is 7.82 Å². The number of nitrogens with one attached hydrogen (secondary N) is 4. The largest absolute Gasteiger partial charge is 0.469 e. The first-order chi connectivity index (χ1) is 24.6. The van der Waals surface area contributed by atoms with Gasteiger partial charge in [0.25, 0.3) is 0 Å². The minimum Gasteiger partial charge on any atom is -0.464 e. The summed E-state index contributed by atoms with van der Waals surface area (Å²) in [7, 11) is -4.60. The molecule has 0 unspecified atom stereocenters. The molecule has 51 heavy (non-hydrogen) atoms. The molecule has 0 saturated carbocycles. The van der Waals surface area contributed by atoms with E-state index >= 15 is 0 Å². The van der Waals surface area contributed by atoms with E-state index in [2.05, 4.69) is 25.8 Å². The zero-order chi connectivity index (χ0) is 36.5. The van der Waals surface area contributed by atoms with Crippen molar-refractivity contribution in [1.82, 2.24) is 21.3 Å². The summed E-state index contributed by atoms with van der Waals surface area (Å²) in [6, 6.07) is 27.0. The lowest BCUT2D eigenvalue weighted by atomic mass is 9.76. The van der Waals surface area contributed by atoms with Crippen molar-refractivity contribution in [3.8, 4) is 0 Å². The minimum atomic E-state index is -4.60. The molecular weight excluding hydrogens is 683 g/mol. The first-order valence-electron chi connectivity index (χ1n) is 16.4. The smallest absolute Gasteiger partial charge is 0.464 e. The quantitative estimate of drug-likeness (QED) is 0.0395. The average Bonchev–Trinajstić information content (AvgIpc) is 3.53. The molecule has 1 aliphatic rings. The molecule has 3 amide bonds. The second-order valence-electron chi connectivity index (χ2n) is 11.5. The van der Waals surface area contributed by atoms with Gasteiger partial charge in [-0.05, 0) is 16.7 Å². The van der Waals surface area contributed by atoms with Gasteiger partial charge in [0.15, 0.2) is 0 Å². The topological polar surface area (TPSA) is 211 Å². The van der Waals surface area contributed by atoms with E-state index in [1.807, 2.05) is 91.0 Å². The lowest BCUT2D eigenvalue weighted by Crippen LogP contribution is -2.57. The average molecular weight is 727 g/mol. The van der Waals surface area contributed by atoms with Crippen molar-refractivity contribution in [2.45, 2.75) is 30.5 Å². The van der Waals surface area contributed by atoms with Gasteiger partial charge in [0.05, 0.1) is 51.0 Å². The molecule has 1 saturated heterocycles. The highest BCUT2D eigenvalue weighted by molar-refractivity contribution is 7.46. The number of amides is 3. The summed E-state index contributed by atoms with van der Waals surface area (Å²) in [6.07, 6.45) is 0.0585. The fourth-order valence-corrected chi connectivity index (χ4v) is 5.84. The number of rotatable bonds is 21. The molecule has 0 aromatic heterocycles. The Hall–Kier alpha value is -4.47. The van der Waals surface area contributed by atoms with Crippen molar-refractivity contribution in [1.29, 1.82) is 0 Å². The van der Waals surface area contributed by atoms with Crippen LogP contribution in [-0.2, 0) is 48.0 Å². The zero-order valence-electron chi connectivity index (χ0n) is 27.9. The highest BCUT2D eigenvalue weighted by atomic mass is 31.2. The molecule has 0 aliphatic carbocycles. The van der Waals surface area contributed by atoms with Crippen LogP contribution in [0.25, 0.3) is 0 Å². The Morgan fingerprint density at radius 1 is 0.784 bits per heavy atom. The van der Waals surface area contributed by atoms with Crippen LogP contribution in [0.3, 0.4) is 0 Å². The van der Waals surface area contributed by atoms with Crippen molar-refractivity contribution in [2.24, 2.45) is 0 Å². The fraction of sp³-hybridized carbons (Fsp3) is 0.371. The molecule has 0 radical (unpaired) electrons. The monoisotopic (exact) mass is 726 g/mol. The maximum absolute atomic E-state index is 13.9. The van der Waals surface area contributed by atoms with E-state index < -0.39 is 49.1 Å². The predicted octanol–water partition coefficient (Wildman–Crippen LogP) is 1.13. The highest BCUT2D eigenvalue weighted by Crippen LogP contribution is 2.37. The lowest BCUT2D eigenvalue weighted by molar-refractivity contribution is -0.141. The third-order valence-corrected chi connectivity index (χ3v) is 8.34. The number of carbonyl (C=O) groups excluding carboxylic acids is 4. The van der Waals surface area contributed by atoms with Crippen LogP contribution < -0.4 is 21.3 Å². The molecule has 1 fully saturated rings. The second-order valence-corrected chi connectivity index (χ2v) is 12.7. The number of hydrogen-bond donors (Lipinski definition) is 6. The van der Waals surface area contributed by atoms with Crippen molar-refractivity contribution >= 4 is 31.5 Å². The summed E-state index contributed by atoms with van der Waals surface area (Å²) in [5, 5.41) is 11.5. The molecule has 4 rings (SSSR count). The van der Waals surface area contributed by atoms with Gasteiger partial charge in [-0.1, -0.05) is 91.0 Å². The van der Waals surface area contributed by atoms with Gasteiger partial charge in [-0.25, -0.2) is 9.36 Å². The van der Waals surface area contributed by atoms with Gasteiger partial charge >= 0.3 is 13.8 Å². The first-order valence-corrected chi connectivity index (χ1v) is 17.9. The van der Waals surface area contributed by atoms with Crippen LogP contribution in [0, 0.1) is 0 Å². The lowest BCUT2D eigenvalue weighted by Gasteiger charge is -2.39. The third kappa shape index (κ3) is 12.4. The molecule has 6 N–H and O–H groups in total. The molecule has 3 aromatic rings. The van der Waals surface area contributed by atoms with Crippen molar-refractivity contribution < 1.29 is 52.3 Å². The Bertz CT molecular complexity index is 1510. The summed E-state index contributed by atoms with van der Waals surface area (Å²) >= 11 is 0. The number of phosphoric ester groups is 1. The Balaban J connectivity index is 1.41. The number of phosphoric acid groups is 1. The Morgan fingerprint density at radius 2 is 1.33 bits per heavy atom. The summed E-state index contributed by atoms with van der Waals surface area (Å²) in [5.74, 6) is -1.98. The number of ether oxygens (including phenoxy) is 3. The number of hydrogen-bond acceptors (Lipinski definition) is 10. The van der Waals surface area contributed by atoms with Crippen LogP contribution in [-0.4, -0.2) is 98.3 Å². The molecule has 1 aliphatic heterocycles. The van der Waals surface area contributed by atoms with E-state index in [-0.39, 0.29) is 59.2 Å². The maximum Gasteiger partial charge on any atom is 0.469 e. The van der Waals surface area contributed by atoms with E-state index in [1.54, 1.807) is 0 Å². The van der Waals surface area contributed by atoms with E-state index in [0.29, 0.717) is 6.42 Å². The molecule has 1 heterocycles. The molecule has 3 aromatic carbocycles. The van der Waals surface area contributed by atoms with E-state index in [0.717, 1.165) is 16.7 Å². The van der Waals surface area contributed by atoms with Crippen molar-refractivity contribution in [3.05, 3.63) is 108 Å². The SMILES string of the molecule is O=C(COCCOCCNC(=O)[C@H](CC(=O)N[C@H]1CCOC1=O)NC(c1ccccc1)(c1ccccc1)c1ccccc1)NCCOP(=O)(O)O. The zero-order valence-corrected chi connectivity index (χ0v) is 28.8. The van der Waals surface area contributed by atoms with E-state index in [1.165, 1.54) is 0 Å². The van der Waals surface area contributed by atoms with Crippen LogP contribution in [0.4, 0.5) is 0 Å². The molecule has 274 valence electrons. The van der Waals surface area contributed by atoms with E-state index in [9.17, 15) is 23.7 Å². The van der Waals surface area contributed by atoms with Gasteiger partial charge in [0, 0.05) is 19.5 Å². The molecule has 0 bridgehead atoms. The van der Waals surface area contributed by atoms with Crippen LogP contribution in [0.2, 0.25) is 0 Å².